The molecule has 0 fully saturated rings. The number of anilines is 2. The third-order valence-corrected chi connectivity index (χ3v) is 3.41. The van der Waals surface area contributed by atoms with E-state index in [-0.39, 0.29) is 5.91 Å². The number of hydrogen-bond acceptors (Lipinski definition) is 3. The van der Waals surface area contributed by atoms with Crippen LogP contribution < -0.4 is 15.8 Å². The maximum atomic E-state index is 12.5. The van der Waals surface area contributed by atoms with Gasteiger partial charge < -0.3 is 15.8 Å². The predicted molar refractivity (Wildman–Crippen MR) is 86.0 cm³/mol. The van der Waals surface area contributed by atoms with Gasteiger partial charge >= 0.3 is 0 Å². The van der Waals surface area contributed by atoms with Gasteiger partial charge in [-0.3, -0.25) is 4.79 Å². The first kappa shape index (κ1) is 14.9. The standard InChI is InChI=1S/C17H20N2O2/c1-10-7-11(2)16(12(3)8-10)17(20)19-15-6-5-13(21-4)9-14(15)18/h5-9H,18H2,1-4H3,(H,19,20). The average Bonchev–Trinajstić information content (AvgIpc) is 2.39. The molecule has 0 heterocycles. The Morgan fingerprint density at radius 1 is 1.10 bits per heavy atom. The first-order valence-corrected chi connectivity index (χ1v) is 6.75. The minimum Gasteiger partial charge on any atom is -0.497 e. The van der Waals surface area contributed by atoms with Gasteiger partial charge in [0.15, 0.2) is 0 Å². The van der Waals surface area contributed by atoms with Gasteiger partial charge in [-0.1, -0.05) is 17.7 Å². The summed E-state index contributed by atoms with van der Waals surface area (Å²) in [6.07, 6.45) is 0. The van der Waals surface area contributed by atoms with E-state index in [1.54, 1.807) is 25.3 Å². The summed E-state index contributed by atoms with van der Waals surface area (Å²) >= 11 is 0. The normalized spacial score (nSPS) is 10.3. The fraction of sp³-hybridized carbons (Fsp3) is 0.235. The summed E-state index contributed by atoms with van der Waals surface area (Å²) in [6.45, 7) is 5.89. The monoisotopic (exact) mass is 284 g/mol. The Balaban J connectivity index is 2.30. The second kappa shape index (κ2) is 5.87. The number of methoxy groups -OCH3 is 1. The van der Waals surface area contributed by atoms with Crippen molar-refractivity contribution in [2.24, 2.45) is 0 Å². The Morgan fingerprint density at radius 3 is 2.24 bits per heavy atom. The van der Waals surface area contributed by atoms with Gasteiger partial charge in [0.25, 0.3) is 5.91 Å². The number of aryl methyl sites for hydroxylation is 3. The molecule has 21 heavy (non-hydrogen) atoms. The maximum absolute atomic E-state index is 12.5. The average molecular weight is 284 g/mol. The third-order valence-electron chi connectivity index (χ3n) is 3.41. The Bertz CT molecular complexity index is 670. The van der Waals surface area contributed by atoms with Gasteiger partial charge in [0, 0.05) is 11.6 Å². The molecule has 0 aliphatic carbocycles. The summed E-state index contributed by atoms with van der Waals surface area (Å²) in [5, 5.41) is 2.86. The molecular formula is C17H20N2O2. The number of carbonyl (C=O) groups is 1. The fourth-order valence-corrected chi connectivity index (χ4v) is 2.50. The molecule has 0 aromatic heterocycles. The van der Waals surface area contributed by atoms with E-state index in [2.05, 4.69) is 5.32 Å². The van der Waals surface area contributed by atoms with Crippen molar-refractivity contribution in [1.29, 1.82) is 0 Å². The molecule has 0 bridgehead atoms. The van der Waals surface area contributed by atoms with Crippen molar-refractivity contribution in [2.45, 2.75) is 20.8 Å². The van der Waals surface area contributed by atoms with Gasteiger partial charge in [0.05, 0.1) is 18.5 Å². The Hall–Kier alpha value is -2.49. The lowest BCUT2D eigenvalue weighted by atomic mass is 9.99. The van der Waals surface area contributed by atoms with E-state index in [4.69, 9.17) is 10.5 Å². The van der Waals surface area contributed by atoms with E-state index in [9.17, 15) is 4.79 Å². The summed E-state index contributed by atoms with van der Waals surface area (Å²) < 4.78 is 5.10. The van der Waals surface area contributed by atoms with Gasteiger partial charge in [0.2, 0.25) is 0 Å². The molecule has 0 aliphatic heterocycles. The number of nitrogen functional groups attached to an aromatic ring is 1. The van der Waals surface area contributed by atoms with Crippen LogP contribution in [0.1, 0.15) is 27.0 Å². The van der Waals surface area contributed by atoms with Gasteiger partial charge in [-0.15, -0.1) is 0 Å². The minimum atomic E-state index is -0.151. The molecule has 1 amide bonds. The number of nitrogens with two attached hydrogens (primary N) is 1. The smallest absolute Gasteiger partial charge is 0.256 e. The molecular weight excluding hydrogens is 264 g/mol. The van der Waals surface area contributed by atoms with Crippen LogP contribution in [0, 0.1) is 20.8 Å². The molecule has 0 unspecified atom stereocenters. The zero-order valence-corrected chi connectivity index (χ0v) is 12.8. The van der Waals surface area contributed by atoms with E-state index in [0.717, 1.165) is 16.7 Å². The van der Waals surface area contributed by atoms with Crippen molar-refractivity contribution in [3.05, 3.63) is 52.6 Å². The lowest BCUT2D eigenvalue weighted by molar-refractivity contribution is 0.102. The van der Waals surface area contributed by atoms with Crippen LogP contribution in [0.5, 0.6) is 5.75 Å². The van der Waals surface area contributed by atoms with Crippen molar-refractivity contribution in [2.75, 3.05) is 18.2 Å². The number of hydrogen-bond donors (Lipinski definition) is 2. The van der Waals surface area contributed by atoms with Crippen molar-refractivity contribution in [1.82, 2.24) is 0 Å². The number of benzene rings is 2. The van der Waals surface area contributed by atoms with Crippen molar-refractivity contribution >= 4 is 17.3 Å². The quantitative estimate of drug-likeness (QED) is 0.848. The SMILES string of the molecule is COc1ccc(NC(=O)c2c(C)cc(C)cc2C)c(N)c1. The highest BCUT2D eigenvalue weighted by Crippen LogP contribution is 2.25. The van der Waals surface area contributed by atoms with Crippen LogP contribution in [0.3, 0.4) is 0 Å². The van der Waals surface area contributed by atoms with Crippen molar-refractivity contribution in [3.8, 4) is 5.75 Å². The molecule has 3 N–H and O–H groups in total. The first-order valence-electron chi connectivity index (χ1n) is 6.75. The molecule has 2 rings (SSSR count). The lowest BCUT2D eigenvalue weighted by Gasteiger charge is -2.13. The molecule has 4 nitrogen and oxygen atoms in total. The van der Waals surface area contributed by atoms with Gasteiger partial charge in [0.1, 0.15) is 5.75 Å². The van der Waals surface area contributed by atoms with Crippen LogP contribution in [0.25, 0.3) is 0 Å². The number of ether oxygens (including phenoxy) is 1. The van der Waals surface area contributed by atoms with Crippen LogP contribution >= 0.6 is 0 Å². The summed E-state index contributed by atoms with van der Waals surface area (Å²) in [6, 6.07) is 9.19. The maximum Gasteiger partial charge on any atom is 0.256 e. The topological polar surface area (TPSA) is 64.3 Å². The lowest BCUT2D eigenvalue weighted by Crippen LogP contribution is -2.16. The van der Waals surface area contributed by atoms with Gasteiger partial charge in [-0.05, 0) is 44.0 Å². The Morgan fingerprint density at radius 2 is 1.71 bits per heavy atom. The van der Waals surface area contributed by atoms with E-state index in [1.807, 2.05) is 32.9 Å². The van der Waals surface area contributed by atoms with Crippen molar-refractivity contribution < 1.29 is 9.53 Å². The zero-order chi connectivity index (χ0) is 15.6. The van der Waals surface area contributed by atoms with E-state index in [0.29, 0.717) is 22.7 Å². The van der Waals surface area contributed by atoms with Crippen LogP contribution in [-0.4, -0.2) is 13.0 Å². The highest BCUT2D eigenvalue weighted by atomic mass is 16.5. The van der Waals surface area contributed by atoms with Crippen LogP contribution in [0.15, 0.2) is 30.3 Å². The third kappa shape index (κ3) is 3.16. The summed E-state index contributed by atoms with van der Waals surface area (Å²) in [5.41, 5.74) is 10.7. The Labute approximate surface area is 124 Å². The molecule has 0 saturated carbocycles. The van der Waals surface area contributed by atoms with Crippen LogP contribution in [-0.2, 0) is 0 Å². The highest BCUT2D eigenvalue weighted by Gasteiger charge is 2.14. The molecule has 2 aromatic carbocycles. The van der Waals surface area contributed by atoms with Crippen LogP contribution in [0.4, 0.5) is 11.4 Å². The summed E-state index contributed by atoms with van der Waals surface area (Å²) in [4.78, 5) is 12.5. The second-order valence-corrected chi connectivity index (χ2v) is 5.18. The number of nitrogens with one attached hydrogen (secondary N) is 1. The summed E-state index contributed by atoms with van der Waals surface area (Å²) in [7, 11) is 1.58. The van der Waals surface area contributed by atoms with E-state index < -0.39 is 0 Å². The van der Waals surface area contributed by atoms with Gasteiger partial charge in [-0.25, -0.2) is 0 Å². The molecule has 2 aromatic rings. The van der Waals surface area contributed by atoms with Gasteiger partial charge in [-0.2, -0.15) is 0 Å². The molecule has 0 radical (unpaired) electrons. The molecule has 0 aliphatic rings. The van der Waals surface area contributed by atoms with Crippen LogP contribution in [0.2, 0.25) is 0 Å². The minimum absolute atomic E-state index is 0.151. The van der Waals surface area contributed by atoms with E-state index >= 15 is 0 Å². The molecule has 0 spiro atoms. The zero-order valence-electron chi connectivity index (χ0n) is 12.8. The van der Waals surface area contributed by atoms with Crippen molar-refractivity contribution in [3.63, 3.8) is 0 Å². The van der Waals surface area contributed by atoms with E-state index in [1.165, 1.54) is 0 Å². The highest BCUT2D eigenvalue weighted by molar-refractivity contribution is 6.07. The number of rotatable bonds is 3. The molecule has 0 saturated heterocycles. The Kier molecular flexibility index (Phi) is 4.17. The molecule has 0 atom stereocenters. The largest absolute Gasteiger partial charge is 0.497 e. The predicted octanol–water partition coefficient (Wildman–Crippen LogP) is 3.45. The number of amides is 1. The first-order chi connectivity index (χ1) is 9.92. The second-order valence-electron chi connectivity index (χ2n) is 5.18. The molecule has 110 valence electrons. The molecule has 4 heteroatoms. The summed E-state index contributed by atoms with van der Waals surface area (Å²) in [5.74, 6) is 0.509. The number of carbonyl (C=O) groups excluding carboxylic acids is 1. The fourth-order valence-electron chi connectivity index (χ4n) is 2.50.